The largest absolute Gasteiger partial charge is 0.372 e. The molecule has 2 N–H and O–H groups in total. The van der Waals surface area contributed by atoms with Crippen LogP contribution in [-0.2, 0) is 4.79 Å². The fourth-order valence-corrected chi connectivity index (χ4v) is 3.11. The minimum Gasteiger partial charge on any atom is -0.372 e. The Labute approximate surface area is 153 Å². The molecule has 0 fully saturated rings. The number of benzene rings is 2. The summed E-state index contributed by atoms with van der Waals surface area (Å²) < 4.78 is 26.2. The number of anilines is 2. The molecule has 1 amide bonds. The van der Waals surface area contributed by atoms with Gasteiger partial charge in [0.2, 0.25) is 5.91 Å². The van der Waals surface area contributed by atoms with Crippen molar-refractivity contribution >= 4 is 40.1 Å². The van der Waals surface area contributed by atoms with Gasteiger partial charge in [-0.25, -0.2) is 18.7 Å². The fourth-order valence-electron chi connectivity index (χ4n) is 2.33. The number of hydrogen-bond donors (Lipinski definition) is 2. The summed E-state index contributed by atoms with van der Waals surface area (Å²) in [5.74, 6) is -1.66. The summed E-state index contributed by atoms with van der Waals surface area (Å²) >= 11 is 1.18. The van der Waals surface area contributed by atoms with Gasteiger partial charge in [-0.2, -0.15) is 0 Å². The number of fused-ring (bicyclic) bond motifs is 1. The van der Waals surface area contributed by atoms with Gasteiger partial charge in [-0.3, -0.25) is 4.79 Å². The SMILES string of the molecule is CNc1nc(S[C@@H](C)C(=O)Nc2ccc(F)c(F)c2)nc2ccccc12. The quantitative estimate of drug-likeness (QED) is 0.521. The molecule has 0 saturated heterocycles. The second-order valence-corrected chi connectivity index (χ2v) is 6.81. The molecule has 0 bridgehead atoms. The lowest BCUT2D eigenvalue weighted by Crippen LogP contribution is -2.22. The summed E-state index contributed by atoms with van der Waals surface area (Å²) in [6, 6.07) is 10.8. The van der Waals surface area contributed by atoms with Gasteiger partial charge >= 0.3 is 0 Å². The monoisotopic (exact) mass is 374 g/mol. The lowest BCUT2D eigenvalue weighted by Gasteiger charge is -2.13. The van der Waals surface area contributed by atoms with Crippen LogP contribution >= 0.6 is 11.8 Å². The number of aromatic nitrogens is 2. The number of nitrogens with zero attached hydrogens (tertiary/aromatic N) is 2. The molecule has 0 aliphatic carbocycles. The molecule has 0 spiro atoms. The van der Waals surface area contributed by atoms with Crippen molar-refractivity contribution in [3.8, 4) is 0 Å². The number of thioether (sulfide) groups is 1. The molecule has 8 heteroatoms. The maximum Gasteiger partial charge on any atom is 0.237 e. The van der Waals surface area contributed by atoms with Gasteiger partial charge in [0.25, 0.3) is 0 Å². The van der Waals surface area contributed by atoms with E-state index in [1.54, 1.807) is 14.0 Å². The van der Waals surface area contributed by atoms with Crippen LogP contribution in [0, 0.1) is 11.6 Å². The van der Waals surface area contributed by atoms with Crippen molar-refractivity contribution in [2.75, 3.05) is 17.7 Å². The van der Waals surface area contributed by atoms with Gasteiger partial charge in [-0.05, 0) is 31.2 Å². The molecule has 2 aromatic carbocycles. The Morgan fingerprint density at radius 3 is 2.62 bits per heavy atom. The van der Waals surface area contributed by atoms with Gasteiger partial charge in [0.05, 0.1) is 10.8 Å². The predicted octanol–water partition coefficient (Wildman–Crippen LogP) is 4.07. The van der Waals surface area contributed by atoms with Crippen LogP contribution in [0.1, 0.15) is 6.92 Å². The maximum atomic E-state index is 13.3. The molecule has 26 heavy (non-hydrogen) atoms. The van der Waals surface area contributed by atoms with Crippen LogP contribution in [0.3, 0.4) is 0 Å². The van der Waals surface area contributed by atoms with Gasteiger partial charge in [-0.1, -0.05) is 23.9 Å². The van der Waals surface area contributed by atoms with Crippen LogP contribution in [0.2, 0.25) is 0 Å². The molecule has 5 nitrogen and oxygen atoms in total. The summed E-state index contributed by atoms with van der Waals surface area (Å²) in [5.41, 5.74) is 0.958. The zero-order valence-electron chi connectivity index (χ0n) is 14.1. The third-order valence-corrected chi connectivity index (χ3v) is 4.62. The van der Waals surface area contributed by atoms with Crippen LogP contribution < -0.4 is 10.6 Å². The van der Waals surface area contributed by atoms with Crippen molar-refractivity contribution in [3.63, 3.8) is 0 Å². The first kappa shape index (κ1) is 18.1. The van der Waals surface area contributed by atoms with Crippen LogP contribution in [0.15, 0.2) is 47.6 Å². The lowest BCUT2D eigenvalue weighted by molar-refractivity contribution is -0.115. The summed E-state index contributed by atoms with van der Waals surface area (Å²) in [4.78, 5) is 21.2. The third-order valence-electron chi connectivity index (χ3n) is 3.66. The predicted molar refractivity (Wildman–Crippen MR) is 99.4 cm³/mol. The Morgan fingerprint density at radius 1 is 1.12 bits per heavy atom. The van der Waals surface area contributed by atoms with Crippen molar-refractivity contribution in [3.05, 3.63) is 54.1 Å². The number of carbonyl (C=O) groups excluding carboxylic acids is 1. The zero-order chi connectivity index (χ0) is 18.7. The van der Waals surface area contributed by atoms with Gasteiger partial charge in [0.15, 0.2) is 16.8 Å². The highest BCUT2D eigenvalue weighted by molar-refractivity contribution is 8.00. The average molecular weight is 374 g/mol. The molecule has 0 aliphatic rings. The van der Waals surface area contributed by atoms with E-state index in [1.165, 1.54) is 17.8 Å². The number of hydrogen-bond acceptors (Lipinski definition) is 5. The first-order valence-electron chi connectivity index (χ1n) is 7.85. The molecule has 0 saturated carbocycles. The van der Waals surface area contributed by atoms with E-state index in [9.17, 15) is 13.6 Å². The molecular weight excluding hydrogens is 358 g/mol. The van der Waals surface area contributed by atoms with Crippen molar-refractivity contribution in [1.82, 2.24) is 9.97 Å². The average Bonchev–Trinajstić information content (AvgIpc) is 2.64. The molecule has 3 aromatic rings. The Bertz CT molecular complexity index is 967. The fraction of sp³-hybridized carbons (Fsp3) is 0.167. The third kappa shape index (κ3) is 3.91. The first-order valence-corrected chi connectivity index (χ1v) is 8.73. The number of nitrogens with one attached hydrogen (secondary N) is 2. The summed E-state index contributed by atoms with van der Waals surface area (Å²) in [7, 11) is 1.77. The Morgan fingerprint density at radius 2 is 1.88 bits per heavy atom. The van der Waals surface area contributed by atoms with Crippen molar-refractivity contribution in [1.29, 1.82) is 0 Å². The van der Waals surface area contributed by atoms with E-state index in [1.807, 2.05) is 24.3 Å². The van der Waals surface area contributed by atoms with E-state index >= 15 is 0 Å². The lowest BCUT2D eigenvalue weighted by atomic mass is 10.2. The zero-order valence-corrected chi connectivity index (χ0v) is 14.9. The van der Waals surface area contributed by atoms with Gasteiger partial charge in [0, 0.05) is 24.2 Å². The van der Waals surface area contributed by atoms with Crippen molar-refractivity contribution in [2.24, 2.45) is 0 Å². The summed E-state index contributed by atoms with van der Waals surface area (Å²) in [6.45, 7) is 1.69. The van der Waals surface area contributed by atoms with Crippen molar-refractivity contribution < 1.29 is 13.6 Å². The molecule has 1 atom stereocenters. The van der Waals surface area contributed by atoms with Gasteiger partial charge in [-0.15, -0.1) is 0 Å². The van der Waals surface area contributed by atoms with E-state index in [-0.39, 0.29) is 11.6 Å². The molecule has 3 rings (SSSR count). The highest BCUT2D eigenvalue weighted by Crippen LogP contribution is 2.27. The Hall–Kier alpha value is -2.74. The first-order chi connectivity index (χ1) is 12.5. The minimum atomic E-state index is -1.01. The van der Waals surface area contributed by atoms with Crippen LogP contribution in [0.4, 0.5) is 20.3 Å². The highest BCUT2D eigenvalue weighted by Gasteiger charge is 2.18. The normalized spacial score (nSPS) is 12.0. The summed E-state index contributed by atoms with van der Waals surface area (Å²) in [5, 5.41) is 6.38. The smallest absolute Gasteiger partial charge is 0.237 e. The molecule has 0 aliphatic heterocycles. The molecule has 1 aromatic heterocycles. The summed E-state index contributed by atoms with van der Waals surface area (Å²) in [6.07, 6.45) is 0. The van der Waals surface area contributed by atoms with E-state index < -0.39 is 16.9 Å². The number of halogens is 2. The molecule has 134 valence electrons. The standard InChI is InChI=1S/C18H16F2N4OS/c1-10(17(25)22-11-7-8-13(19)14(20)9-11)26-18-23-15-6-4-3-5-12(15)16(21-2)24-18/h3-10H,1-2H3,(H,22,25)(H,21,23,24)/t10-/m0/s1. The number of carbonyl (C=O) groups is 1. The molecule has 1 heterocycles. The van der Waals surface area contributed by atoms with Crippen LogP contribution in [0.25, 0.3) is 10.9 Å². The van der Waals surface area contributed by atoms with Crippen LogP contribution in [0.5, 0.6) is 0 Å². The Kier molecular flexibility index (Phi) is 5.32. The van der Waals surface area contributed by atoms with E-state index in [0.717, 1.165) is 23.0 Å². The van der Waals surface area contributed by atoms with Crippen LogP contribution in [-0.4, -0.2) is 28.2 Å². The molecule has 0 unspecified atom stereocenters. The topological polar surface area (TPSA) is 66.9 Å². The van der Waals surface area contributed by atoms with E-state index in [2.05, 4.69) is 20.6 Å². The highest BCUT2D eigenvalue weighted by atomic mass is 32.2. The Balaban J connectivity index is 1.76. The number of amides is 1. The second kappa shape index (κ2) is 7.65. The molecular formula is C18H16F2N4OS. The minimum absolute atomic E-state index is 0.191. The van der Waals surface area contributed by atoms with Gasteiger partial charge < -0.3 is 10.6 Å². The second-order valence-electron chi connectivity index (χ2n) is 5.50. The molecule has 0 radical (unpaired) electrons. The number of rotatable bonds is 5. The maximum absolute atomic E-state index is 13.3. The van der Waals surface area contributed by atoms with Crippen molar-refractivity contribution in [2.45, 2.75) is 17.3 Å². The number of para-hydroxylation sites is 1. The van der Waals surface area contributed by atoms with Gasteiger partial charge in [0.1, 0.15) is 5.82 Å². The van der Waals surface area contributed by atoms with E-state index in [0.29, 0.717) is 11.0 Å². The van der Waals surface area contributed by atoms with E-state index in [4.69, 9.17) is 0 Å².